The van der Waals surface area contributed by atoms with Crippen molar-refractivity contribution in [3.63, 3.8) is 0 Å². The van der Waals surface area contributed by atoms with Crippen LogP contribution >= 0.6 is 11.8 Å². The lowest BCUT2D eigenvalue weighted by Gasteiger charge is -2.12. The van der Waals surface area contributed by atoms with E-state index < -0.39 is 23.8 Å². The molecule has 0 fully saturated rings. The molecular formula is C17H18F3NO3S. The Kier molecular flexibility index (Phi) is 6.55. The van der Waals surface area contributed by atoms with E-state index in [1.807, 2.05) is 6.26 Å². The van der Waals surface area contributed by atoms with Crippen LogP contribution in [0.25, 0.3) is 11.3 Å². The van der Waals surface area contributed by atoms with E-state index in [-0.39, 0.29) is 6.54 Å². The first-order valence-corrected chi connectivity index (χ1v) is 8.92. The molecule has 25 heavy (non-hydrogen) atoms. The van der Waals surface area contributed by atoms with Gasteiger partial charge in [-0.1, -0.05) is 12.1 Å². The number of carbonyl (C=O) groups is 1. The Morgan fingerprint density at radius 1 is 1.32 bits per heavy atom. The largest absolute Gasteiger partial charge is 0.480 e. The zero-order valence-corrected chi connectivity index (χ0v) is 14.3. The fraction of sp³-hybridized carbons (Fsp3) is 0.353. The van der Waals surface area contributed by atoms with Crippen molar-refractivity contribution in [2.24, 2.45) is 0 Å². The maximum absolute atomic E-state index is 12.8. The van der Waals surface area contributed by atoms with Crippen molar-refractivity contribution >= 4 is 17.7 Å². The molecule has 0 saturated carbocycles. The number of carboxylic acids is 1. The molecule has 1 aromatic carbocycles. The summed E-state index contributed by atoms with van der Waals surface area (Å²) in [5.74, 6) is 0.526. The predicted molar refractivity (Wildman–Crippen MR) is 90.4 cm³/mol. The van der Waals surface area contributed by atoms with Crippen molar-refractivity contribution in [3.05, 3.63) is 47.7 Å². The molecule has 4 nitrogen and oxygen atoms in total. The van der Waals surface area contributed by atoms with Crippen molar-refractivity contribution in [2.75, 3.05) is 12.0 Å². The van der Waals surface area contributed by atoms with Gasteiger partial charge in [-0.3, -0.25) is 10.1 Å². The van der Waals surface area contributed by atoms with Gasteiger partial charge in [-0.25, -0.2) is 0 Å². The summed E-state index contributed by atoms with van der Waals surface area (Å²) >= 11 is 1.56. The number of carboxylic acid groups (broad SMARTS) is 1. The van der Waals surface area contributed by atoms with Gasteiger partial charge in [0, 0.05) is 5.56 Å². The number of hydrogen-bond donors (Lipinski definition) is 2. The molecule has 1 aromatic heterocycles. The van der Waals surface area contributed by atoms with E-state index >= 15 is 0 Å². The van der Waals surface area contributed by atoms with Gasteiger partial charge in [0.05, 0.1) is 12.1 Å². The Morgan fingerprint density at radius 2 is 2.08 bits per heavy atom. The van der Waals surface area contributed by atoms with Gasteiger partial charge in [0.1, 0.15) is 17.6 Å². The smallest absolute Gasteiger partial charge is 0.416 e. The third kappa shape index (κ3) is 5.54. The fourth-order valence-electron chi connectivity index (χ4n) is 2.25. The summed E-state index contributed by atoms with van der Waals surface area (Å²) in [7, 11) is 0. The second-order valence-corrected chi connectivity index (χ2v) is 6.38. The molecule has 1 heterocycles. The molecule has 0 spiro atoms. The highest BCUT2D eigenvalue weighted by Gasteiger charge is 2.30. The molecule has 2 rings (SSSR count). The van der Waals surface area contributed by atoms with E-state index in [0.29, 0.717) is 29.3 Å². The molecule has 0 bridgehead atoms. The molecule has 0 radical (unpaired) electrons. The predicted octanol–water partition coefficient (Wildman–Crippen LogP) is 4.26. The van der Waals surface area contributed by atoms with Crippen LogP contribution in [0.4, 0.5) is 13.2 Å². The summed E-state index contributed by atoms with van der Waals surface area (Å²) in [4.78, 5) is 11.2. The second-order valence-electron chi connectivity index (χ2n) is 5.40. The maximum atomic E-state index is 12.8. The van der Waals surface area contributed by atoms with E-state index in [1.165, 1.54) is 12.1 Å². The molecule has 8 heteroatoms. The van der Waals surface area contributed by atoms with Gasteiger partial charge in [-0.15, -0.1) is 0 Å². The quantitative estimate of drug-likeness (QED) is 0.724. The van der Waals surface area contributed by atoms with Crippen LogP contribution in [0.1, 0.15) is 17.7 Å². The normalized spacial score (nSPS) is 13.0. The molecule has 0 aliphatic heterocycles. The number of benzene rings is 1. The number of rotatable bonds is 8. The van der Waals surface area contributed by atoms with Gasteiger partial charge in [0.25, 0.3) is 0 Å². The van der Waals surface area contributed by atoms with E-state index in [0.717, 1.165) is 12.1 Å². The number of furan rings is 1. The topological polar surface area (TPSA) is 62.5 Å². The first kappa shape index (κ1) is 19.4. The molecule has 136 valence electrons. The highest BCUT2D eigenvalue weighted by Crippen LogP contribution is 2.32. The van der Waals surface area contributed by atoms with Gasteiger partial charge in [0.2, 0.25) is 0 Å². The monoisotopic (exact) mass is 373 g/mol. The summed E-state index contributed by atoms with van der Waals surface area (Å²) < 4.78 is 43.9. The van der Waals surface area contributed by atoms with Crippen molar-refractivity contribution in [2.45, 2.75) is 25.2 Å². The average Bonchev–Trinajstić information content (AvgIpc) is 3.03. The highest BCUT2D eigenvalue weighted by atomic mass is 32.2. The summed E-state index contributed by atoms with van der Waals surface area (Å²) in [5, 5.41) is 12.0. The van der Waals surface area contributed by atoms with Crippen molar-refractivity contribution < 1.29 is 27.5 Å². The van der Waals surface area contributed by atoms with E-state index in [1.54, 1.807) is 23.9 Å². The first-order valence-electron chi connectivity index (χ1n) is 7.52. The Hall–Kier alpha value is -1.93. The average molecular weight is 373 g/mol. The third-order valence-electron chi connectivity index (χ3n) is 3.57. The summed E-state index contributed by atoms with van der Waals surface area (Å²) in [6.07, 6.45) is -2.05. The molecule has 2 N–H and O–H groups in total. The van der Waals surface area contributed by atoms with Crippen LogP contribution in [0.3, 0.4) is 0 Å². The Morgan fingerprint density at radius 3 is 2.72 bits per heavy atom. The number of hydrogen-bond acceptors (Lipinski definition) is 4. The Balaban J connectivity index is 2.06. The van der Waals surface area contributed by atoms with Gasteiger partial charge in [-0.05, 0) is 42.7 Å². The van der Waals surface area contributed by atoms with E-state index in [9.17, 15) is 18.0 Å². The van der Waals surface area contributed by atoms with Crippen molar-refractivity contribution in [3.8, 4) is 11.3 Å². The molecule has 2 aromatic rings. The zero-order valence-electron chi connectivity index (χ0n) is 13.5. The summed E-state index contributed by atoms with van der Waals surface area (Å²) in [6.45, 7) is 0.185. The van der Waals surface area contributed by atoms with E-state index in [2.05, 4.69) is 5.32 Å². The minimum absolute atomic E-state index is 0.185. The molecule has 0 aliphatic carbocycles. The molecule has 0 aliphatic rings. The van der Waals surface area contributed by atoms with Crippen LogP contribution in [-0.2, 0) is 17.5 Å². The van der Waals surface area contributed by atoms with Crippen LogP contribution in [0.5, 0.6) is 0 Å². The number of aliphatic carboxylic acids is 1. The lowest BCUT2D eigenvalue weighted by atomic mass is 10.1. The SMILES string of the molecule is CSCC[C@H](NCc1ccc(-c2cccc(C(F)(F)F)c2)o1)C(=O)O. The minimum Gasteiger partial charge on any atom is -0.480 e. The second kappa shape index (κ2) is 8.44. The highest BCUT2D eigenvalue weighted by molar-refractivity contribution is 7.98. The lowest BCUT2D eigenvalue weighted by Crippen LogP contribution is -2.36. The van der Waals surface area contributed by atoms with Crippen LogP contribution < -0.4 is 5.32 Å². The Labute approximate surface area is 147 Å². The number of nitrogens with one attached hydrogen (secondary N) is 1. The maximum Gasteiger partial charge on any atom is 0.416 e. The van der Waals surface area contributed by atoms with Crippen LogP contribution in [0.15, 0.2) is 40.8 Å². The van der Waals surface area contributed by atoms with Crippen molar-refractivity contribution in [1.82, 2.24) is 5.32 Å². The summed E-state index contributed by atoms with van der Waals surface area (Å²) in [5.41, 5.74) is -0.428. The molecule has 0 amide bonds. The van der Waals surface area contributed by atoms with E-state index in [4.69, 9.17) is 9.52 Å². The number of halogens is 3. The number of alkyl halides is 3. The number of thioether (sulfide) groups is 1. The van der Waals surface area contributed by atoms with Gasteiger partial charge < -0.3 is 9.52 Å². The van der Waals surface area contributed by atoms with Crippen LogP contribution in [-0.4, -0.2) is 29.1 Å². The molecular weight excluding hydrogens is 355 g/mol. The van der Waals surface area contributed by atoms with Gasteiger partial charge >= 0.3 is 12.1 Å². The van der Waals surface area contributed by atoms with Crippen LogP contribution in [0.2, 0.25) is 0 Å². The van der Waals surface area contributed by atoms with Gasteiger partial charge in [0.15, 0.2) is 0 Å². The minimum atomic E-state index is -4.42. The molecule has 0 saturated heterocycles. The summed E-state index contributed by atoms with van der Waals surface area (Å²) in [6, 6.07) is 7.37. The van der Waals surface area contributed by atoms with Crippen molar-refractivity contribution in [1.29, 1.82) is 0 Å². The lowest BCUT2D eigenvalue weighted by molar-refractivity contribution is -0.139. The molecule has 1 atom stereocenters. The van der Waals surface area contributed by atoms with Crippen LogP contribution in [0, 0.1) is 0 Å². The Bertz CT molecular complexity index is 715. The third-order valence-corrected chi connectivity index (χ3v) is 4.21. The zero-order chi connectivity index (χ0) is 18.4. The fourth-order valence-corrected chi connectivity index (χ4v) is 2.72. The molecule has 0 unspecified atom stereocenters. The van der Waals surface area contributed by atoms with Gasteiger partial charge in [-0.2, -0.15) is 24.9 Å². The first-order chi connectivity index (χ1) is 11.8. The standard InChI is InChI=1S/C17H18F3NO3S/c1-25-8-7-14(16(22)23)21-10-13-5-6-15(24-13)11-3-2-4-12(9-11)17(18,19)20/h2-6,9,14,21H,7-8,10H2,1H3,(H,22,23)/t14-/m0/s1.